The fraction of sp³-hybridized carbons (Fsp3) is 0.571. The summed E-state index contributed by atoms with van der Waals surface area (Å²) >= 11 is 0. The van der Waals surface area contributed by atoms with E-state index in [9.17, 15) is 0 Å². The number of hydrogen-bond acceptors (Lipinski definition) is 9. The average molecular weight is 505 g/mol. The second-order valence-corrected chi connectivity index (χ2v) is 11.6. The maximum absolute atomic E-state index is 6.79. The van der Waals surface area contributed by atoms with Crippen molar-refractivity contribution < 1.29 is 14.2 Å². The Morgan fingerprint density at radius 3 is 1.32 bits per heavy atom. The van der Waals surface area contributed by atoms with Crippen LogP contribution in [0.3, 0.4) is 0 Å². The molecule has 0 N–H and O–H groups in total. The van der Waals surface area contributed by atoms with Crippen LogP contribution in [0.15, 0.2) is 79.2 Å². The van der Waals surface area contributed by atoms with Crippen molar-refractivity contribution in [2.24, 2.45) is 30.7 Å². The molecule has 0 saturated heterocycles. The first-order valence-corrected chi connectivity index (χ1v) is 12.7. The zero-order chi connectivity index (χ0) is 26.6. The highest BCUT2D eigenvalue weighted by Crippen LogP contribution is 2.56. The van der Waals surface area contributed by atoms with Gasteiger partial charge in [-0.25, -0.2) is 0 Å². The van der Waals surface area contributed by atoms with Crippen LogP contribution in [0.2, 0.25) is 0 Å². The number of azo groups is 3. The summed E-state index contributed by atoms with van der Waals surface area (Å²) < 4.78 is 17.6. The molecule has 0 unspecified atom stereocenters. The minimum absolute atomic E-state index is 0.123. The lowest BCUT2D eigenvalue weighted by molar-refractivity contribution is -0.127. The molecule has 3 heterocycles. The third-order valence-electron chi connectivity index (χ3n) is 7.69. The maximum atomic E-state index is 6.79. The smallest absolute Gasteiger partial charge is 0.231 e. The molecule has 9 nitrogen and oxygen atoms in total. The van der Waals surface area contributed by atoms with Crippen molar-refractivity contribution in [3.8, 4) is 11.5 Å². The topological polar surface area (TPSA) is 102 Å². The quantitative estimate of drug-likeness (QED) is 0.437. The Bertz CT molecular complexity index is 1150. The Balaban J connectivity index is 1.63. The van der Waals surface area contributed by atoms with Gasteiger partial charge in [0.2, 0.25) is 5.72 Å². The monoisotopic (exact) mass is 504 g/mol. The molecule has 37 heavy (non-hydrogen) atoms. The minimum Gasteiger partial charge on any atom is -0.497 e. The molecule has 2 aromatic rings. The van der Waals surface area contributed by atoms with E-state index < -0.39 is 34.6 Å². The van der Waals surface area contributed by atoms with Crippen molar-refractivity contribution in [1.82, 2.24) is 0 Å². The SMILES string of the molecule is COc1ccc([C@H]2[C@H](C3([C@@H]4N=NC(C)(C)[C@H]4c4ccc(OC)cc4)N=NC(C)(C)O3)N=NC2(C)C)cc1. The van der Waals surface area contributed by atoms with Gasteiger partial charge >= 0.3 is 0 Å². The number of nitrogens with zero attached hydrogens (tertiary/aromatic N) is 6. The summed E-state index contributed by atoms with van der Waals surface area (Å²) in [6.45, 7) is 12.2. The van der Waals surface area contributed by atoms with Gasteiger partial charge in [0.25, 0.3) is 0 Å². The summed E-state index contributed by atoms with van der Waals surface area (Å²) in [4.78, 5) is 0. The van der Waals surface area contributed by atoms with E-state index >= 15 is 0 Å². The molecular formula is C28H36N6O3. The van der Waals surface area contributed by atoms with Crippen LogP contribution >= 0.6 is 0 Å². The van der Waals surface area contributed by atoms with Gasteiger partial charge in [-0.2, -0.15) is 30.7 Å². The molecule has 9 heteroatoms. The summed E-state index contributed by atoms with van der Waals surface area (Å²) in [5.74, 6) is 1.34. The van der Waals surface area contributed by atoms with Gasteiger partial charge in [0.15, 0.2) is 5.72 Å². The third kappa shape index (κ3) is 4.23. The van der Waals surface area contributed by atoms with Crippen molar-refractivity contribution in [1.29, 1.82) is 0 Å². The second-order valence-electron chi connectivity index (χ2n) is 11.6. The normalized spacial score (nSPS) is 30.1. The molecule has 4 atom stereocenters. The fourth-order valence-corrected chi connectivity index (χ4v) is 5.95. The zero-order valence-corrected chi connectivity index (χ0v) is 22.8. The van der Waals surface area contributed by atoms with Crippen LogP contribution in [0.25, 0.3) is 0 Å². The minimum atomic E-state index is -1.19. The predicted molar refractivity (Wildman–Crippen MR) is 140 cm³/mol. The molecule has 0 aromatic heterocycles. The Kier molecular flexibility index (Phi) is 5.97. The molecule has 0 bridgehead atoms. The number of rotatable bonds is 6. The number of ether oxygens (including phenoxy) is 3. The van der Waals surface area contributed by atoms with Crippen molar-refractivity contribution in [3.63, 3.8) is 0 Å². The predicted octanol–water partition coefficient (Wildman–Crippen LogP) is 6.71. The maximum Gasteiger partial charge on any atom is 0.231 e. The van der Waals surface area contributed by atoms with Crippen LogP contribution in [-0.4, -0.2) is 48.8 Å². The summed E-state index contributed by atoms with van der Waals surface area (Å²) in [6, 6.07) is 15.2. The van der Waals surface area contributed by atoms with E-state index in [0.29, 0.717) is 0 Å². The summed E-state index contributed by atoms with van der Waals surface area (Å²) in [5.41, 5.74) is -0.831. The van der Waals surface area contributed by atoms with Crippen LogP contribution in [-0.2, 0) is 4.74 Å². The first-order valence-electron chi connectivity index (χ1n) is 12.7. The molecule has 0 fully saturated rings. The lowest BCUT2D eigenvalue weighted by Crippen LogP contribution is -2.57. The van der Waals surface area contributed by atoms with E-state index in [0.717, 1.165) is 22.6 Å². The highest BCUT2D eigenvalue weighted by atomic mass is 16.6. The number of hydrogen-bond donors (Lipinski definition) is 0. The largest absolute Gasteiger partial charge is 0.497 e. The Morgan fingerprint density at radius 1 is 0.595 bits per heavy atom. The van der Waals surface area contributed by atoms with Gasteiger partial charge in [0.05, 0.1) is 25.3 Å². The van der Waals surface area contributed by atoms with Gasteiger partial charge in [-0.15, -0.1) is 0 Å². The van der Waals surface area contributed by atoms with Gasteiger partial charge in [0.1, 0.15) is 23.6 Å². The Labute approximate surface area is 218 Å². The molecule has 0 amide bonds. The summed E-state index contributed by atoms with van der Waals surface area (Å²) in [7, 11) is 3.33. The average Bonchev–Trinajstić information content (AvgIpc) is 3.49. The molecular weight excluding hydrogens is 468 g/mol. The van der Waals surface area contributed by atoms with Crippen LogP contribution in [0.4, 0.5) is 0 Å². The van der Waals surface area contributed by atoms with Crippen molar-refractivity contribution in [2.75, 3.05) is 14.2 Å². The highest BCUT2D eigenvalue weighted by molar-refractivity contribution is 5.38. The lowest BCUT2D eigenvalue weighted by atomic mass is 9.69. The molecule has 0 spiro atoms. The standard InChI is InChI=1S/C28H36N6O3/c1-25(2)21(17-9-13-19(35-7)14-10-17)23(29-31-25)28(34-33-27(5,6)37-28)24-22(26(3,4)32-30-24)18-11-15-20(36-8)16-12-18/h9-16,21-24H,1-8H3/t21-,22-,23+,24+/m0/s1. The van der Waals surface area contributed by atoms with Gasteiger partial charge in [0, 0.05) is 11.8 Å². The van der Waals surface area contributed by atoms with Crippen molar-refractivity contribution in [2.45, 2.75) is 88.0 Å². The van der Waals surface area contributed by atoms with Crippen LogP contribution in [0.5, 0.6) is 11.5 Å². The van der Waals surface area contributed by atoms with Crippen LogP contribution < -0.4 is 9.47 Å². The van der Waals surface area contributed by atoms with E-state index in [1.165, 1.54) is 0 Å². The first kappa shape index (κ1) is 25.4. The molecule has 0 aliphatic carbocycles. The van der Waals surface area contributed by atoms with Crippen molar-refractivity contribution in [3.05, 3.63) is 59.7 Å². The molecule has 0 radical (unpaired) electrons. The van der Waals surface area contributed by atoms with Gasteiger partial charge in [-0.1, -0.05) is 24.3 Å². The van der Waals surface area contributed by atoms with Gasteiger partial charge in [-0.3, -0.25) is 0 Å². The molecule has 5 rings (SSSR count). The zero-order valence-electron chi connectivity index (χ0n) is 22.8. The Morgan fingerprint density at radius 2 is 1.00 bits per heavy atom. The van der Waals surface area contributed by atoms with Gasteiger partial charge in [-0.05, 0) is 76.9 Å². The van der Waals surface area contributed by atoms with Crippen LogP contribution in [0, 0.1) is 0 Å². The van der Waals surface area contributed by atoms with Crippen molar-refractivity contribution >= 4 is 0 Å². The number of methoxy groups -OCH3 is 2. The molecule has 196 valence electrons. The van der Waals surface area contributed by atoms with E-state index in [1.807, 2.05) is 38.1 Å². The van der Waals surface area contributed by atoms with E-state index in [2.05, 4.69) is 57.1 Å². The molecule has 3 aliphatic heterocycles. The second kappa shape index (κ2) is 8.68. The molecule has 0 saturated carbocycles. The number of benzene rings is 2. The third-order valence-corrected chi connectivity index (χ3v) is 7.69. The fourth-order valence-electron chi connectivity index (χ4n) is 5.95. The van der Waals surface area contributed by atoms with E-state index in [-0.39, 0.29) is 11.8 Å². The molecule has 3 aliphatic rings. The highest BCUT2D eigenvalue weighted by Gasteiger charge is 2.66. The summed E-state index contributed by atoms with van der Waals surface area (Å²) in [6.07, 6.45) is 0. The van der Waals surface area contributed by atoms with Crippen LogP contribution in [0.1, 0.15) is 64.5 Å². The van der Waals surface area contributed by atoms with E-state index in [1.54, 1.807) is 14.2 Å². The molecule has 2 aromatic carbocycles. The first-order chi connectivity index (χ1) is 17.4. The van der Waals surface area contributed by atoms with E-state index in [4.69, 9.17) is 39.8 Å². The Hall–Kier alpha value is -3.20. The van der Waals surface area contributed by atoms with Gasteiger partial charge < -0.3 is 14.2 Å². The lowest BCUT2D eigenvalue weighted by Gasteiger charge is -2.42. The summed E-state index contributed by atoms with van der Waals surface area (Å²) in [5, 5.41) is 28.6.